The largest absolute Gasteiger partial charge is 0.408 e. The second-order valence-electron chi connectivity index (χ2n) is 9.05. The Balaban J connectivity index is 1.72. The normalized spacial score (nSPS) is 17.1. The van der Waals surface area contributed by atoms with Gasteiger partial charge in [-0.2, -0.15) is 13.2 Å². The fraction of sp³-hybridized carbons (Fsp3) is 0.375. The molecule has 7 nitrogen and oxygen atoms in total. The van der Waals surface area contributed by atoms with Gasteiger partial charge in [-0.1, -0.05) is 0 Å². The Kier molecular flexibility index (Phi) is 6.53. The van der Waals surface area contributed by atoms with Gasteiger partial charge in [0.05, 0.1) is 18.6 Å². The van der Waals surface area contributed by atoms with E-state index in [0.29, 0.717) is 29.0 Å². The van der Waals surface area contributed by atoms with E-state index in [4.69, 9.17) is 4.74 Å². The van der Waals surface area contributed by atoms with Crippen LogP contribution in [-0.2, 0) is 4.74 Å². The van der Waals surface area contributed by atoms with Crippen LogP contribution in [0.2, 0.25) is 0 Å². The lowest BCUT2D eigenvalue weighted by atomic mass is 10.1. The van der Waals surface area contributed by atoms with E-state index in [9.17, 15) is 35.9 Å². The topological polar surface area (TPSA) is 76.5 Å². The van der Waals surface area contributed by atoms with Gasteiger partial charge in [-0.25, -0.2) is 22.5 Å². The SMILES string of the molecule is O=C(NC(C1CC1)C(F)(F)F)c1cn(-c2c(F)cc(F)cc2F)c2nc(N3CCOCC3)c(F)cc2c1=O. The fourth-order valence-corrected chi connectivity index (χ4v) is 4.42. The molecule has 1 N–H and O–H groups in total. The van der Waals surface area contributed by atoms with E-state index in [1.807, 2.05) is 0 Å². The first-order chi connectivity index (χ1) is 18.0. The number of aromatic nitrogens is 2. The Morgan fingerprint density at radius 3 is 2.24 bits per heavy atom. The summed E-state index contributed by atoms with van der Waals surface area (Å²) in [6.07, 6.45) is -3.79. The van der Waals surface area contributed by atoms with Crippen LogP contribution in [0.5, 0.6) is 0 Å². The highest BCUT2D eigenvalue weighted by atomic mass is 19.4. The molecule has 2 fully saturated rings. The van der Waals surface area contributed by atoms with Crippen molar-refractivity contribution in [1.29, 1.82) is 0 Å². The minimum Gasteiger partial charge on any atom is -0.378 e. The number of nitrogens with one attached hydrogen (secondary N) is 1. The Morgan fingerprint density at radius 1 is 1.03 bits per heavy atom. The van der Waals surface area contributed by atoms with Crippen molar-refractivity contribution in [2.75, 3.05) is 31.2 Å². The van der Waals surface area contributed by atoms with Crippen molar-refractivity contribution in [3.05, 3.63) is 63.5 Å². The molecule has 1 saturated carbocycles. The van der Waals surface area contributed by atoms with E-state index >= 15 is 4.39 Å². The maximum Gasteiger partial charge on any atom is 0.408 e. The van der Waals surface area contributed by atoms with Crippen LogP contribution < -0.4 is 15.6 Å². The summed E-state index contributed by atoms with van der Waals surface area (Å²) >= 11 is 0. The lowest BCUT2D eigenvalue weighted by Gasteiger charge is -2.28. The van der Waals surface area contributed by atoms with Crippen molar-refractivity contribution in [3.8, 4) is 5.69 Å². The molecule has 2 aliphatic rings. The number of alkyl halides is 3. The van der Waals surface area contributed by atoms with Crippen LogP contribution in [-0.4, -0.2) is 54.0 Å². The fourth-order valence-electron chi connectivity index (χ4n) is 4.42. The molecule has 38 heavy (non-hydrogen) atoms. The molecule has 1 atom stereocenters. The molecule has 1 amide bonds. The summed E-state index contributed by atoms with van der Waals surface area (Å²) in [7, 11) is 0. The van der Waals surface area contributed by atoms with E-state index in [0.717, 1.165) is 0 Å². The molecule has 3 aromatic rings. The standard InChI is InChI=1S/C24H19F7N4O3/c25-12-7-15(26)18(16(27)8-12)35-10-14(23(37)32-20(11-1-2-11)24(29,30)31)19(36)13-9-17(28)22(33-21(13)35)34-3-5-38-6-4-34/h7-11,20H,1-6H2,(H,32,37). The lowest BCUT2D eigenvalue weighted by molar-refractivity contribution is -0.158. The number of benzene rings is 1. The molecular formula is C24H19F7N4O3. The molecule has 0 spiro atoms. The third kappa shape index (κ3) is 4.79. The number of halogens is 7. The molecule has 0 radical (unpaired) electrons. The van der Waals surface area contributed by atoms with Gasteiger partial charge in [-0.15, -0.1) is 0 Å². The second kappa shape index (κ2) is 9.57. The predicted octanol–water partition coefficient (Wildman–Crippen LogP) is 3.85. The number of nitrogens with zero attached hydrogens (tertiary/aromatic N) is 3. The predicted molar refractivity (Wildman–Crippen MR) is 120 cm³/mol. The summed E-state index contributed by atoms with van der Waals surface area (Å²) in [4.78, 5) is 31.7. The van der Waals surface area contributed by atoms with Crippen LogP contribution in [0.1, 0.15) is 23.2 Å². The number of amides is 1. The first kappa shape index (κ1) is 25.9. The van der Waals surface area contributed by atoms with E-state index < -0.39 is 75.0 Å². The molecule has 14 heteroatoms. The van der Waals surface area contributed by atoms with Crippen LogP contribution in [0.15, 0.2) is 29.2 Å². The molecular weight excluding hydrogens is 525 g/mol. The zero-order valence-corrected chi connectivity index (χ0v) is 19.4. The Morgan fingerprint density at radius 2 is 1.66 bits per heavy atom. The zero-order valence-electron chi connectivity index (χ0n) is 19.4. The number of rotatable bonds is 5. The Bertz CT molecular complexity index is 1460. The Labute approximate surface area is 209 Å². The average Bonchev–Trinajstić information content (AvgIpc) is 3.68. The summed E-state index contributed by atoms with van der Waals surface area (Å²) in [5, 5.41) is 1.15. The van der Waals surface area contributed by atoms with E-state index in [2.05, 4.69) is 4.98 Å². The maximum atomic E-state index is 15.1. The number of pyridine rings is 2. The van der Waals surface area contributed by atoms with E-state index in [1.54, 1.807) is 5.32 Å². The number of fused-ring (bicyclic) bond motifs is 1. The Hall–Kier alpha value is -3.68. The summed E-state index contributed by atoms with van der Waals surface area (Å²) in [5.74, 6) is -7.82. The van der Waals surface area contributed by atoms with Gasteiger partial charge < -0.3 is 15.0 Å². The van der Waals surface area contributed by atoms with Crippen LogP contribution in [0.3, 0.4) is 0 Å². The van der Waals surface area contributed by atoms with Gasteiger partial charge >= 0.3 is 6.18 Å². The molecule has 1 unspecified atom stereocenters. The molecule has 3 heterocycles. The van der Waals surface area contributed by atoms with Crippen LogP contribution in [0.4, 0.5) is 36.6 Å². The van der Waals surface area contributed by atoms with Gasteiger partial charge in [0.25, 0.3) is 5.91 Å². The summed E-state index contributed by atoms with van der Waals surface area (Å²) in [6, 6.07) is -0.886. The van der Waals surface area contributed by atoms with E-state index in [1.165, 1.54) is 4.90 Å². The molecule has 2 aromatic heterocycles. The van der Waals surface area contributed by atoms with Gasteiger partial charge in [-0.3, -0.25) is 14.2 Å². The molecule has 5 rings (SSSR count). The lowest BCUT2D eigenvalue weighted by Crippen LogP contribution is -2.48. The quantitative estimate of drug-likeness (QED) is 0.494. The van der Waals surface area contributed by atoms with E-state index in [-0.39, 0.29) is 45.0 Å². The van der Waals surface area contributed by atoms with Gasteiger partial charge in [0.15, 0.2) is 28.9 Å². The molecule has 1 aromatic carbocycles. The van der Waals surface area contributed by atoms with Crippen molar-refractivity contribution in [2.24, 2.45) is 5.92 Å². The third-order valence-electron chi connectivity index (χ3n) is 6.42. The number of anilines is 1. The number of hydrogen-bond donors (Lipinski definition) is 1. The first-order valence-electron chi connectivity index (χ1n) is 11.6. The highest BCUT2D eigenvalue weighted by molar-refractivity contribution is 5.97. The van der Waals surface area contributed by atoms with Gasteiger partial charge in [-0.05, 0) is 24.8 Å². The first-order valence-corrected chi connectivity index (χ1v) is 11.6. The molecule has 202 valence electrons. The smallest absolute Gasteiger partial charge is 0.378 e. The van der Waals surface area contributed by atoms with Crippen LogP contribution >= 0.6 is 0 Å². The van der Waals surface area contributed by atoms with Crippen molar-refractivity contribution < 1.29 is 40.3 Å². The third-order valence-corrected chi connectivity index (χ3v) is 6.42. The number of ether oxygens (including phenoxy) is 1. The minimum atomic E-state index is -4.82. The van der Waals surface area contributed by atoms with Gasteiger partial charge in [0.2, 0.25) is 5.43 Å². The highest BCUT2D eigenvalue weighted by Gasteiger charge is 2.50. The van der Waals surface area contributed by atoms with Crippen molar-refractivity contribution in [2.45, 2.75) is 25.1 Å². The molecule has 1 aliphatic heterocycles. The zero-order chi connectivity index (χ0) is 27.4. The van der Waals surface area contributed by atoms with Crippen LogP contribution in [0, 0.1) is 29.2 Å². The summed E-state index contributed by atoms with van der Waals surface area (Å²) in [6.45, 7) is 0.875. The van der Waals surface area contributed by atoms with Gasteiger partial charge in [0.1, 0.15) is 23.1 Å². The van der Waals surface area contributed by atoms with Crippen molar-refractivity contribution >= 4 is 22.8 Å². The number of carbonyl (C=O) groups is 1. The van der Waals surface area contributed by atoms with Crippen molar-refractivity contribution in [3.63, 3.8) is 0 Å². The van der Waals surface area contributed by atoms with Crippen LogP contribution in [0.25, 0.3) is 16.7 Å². The monoisotopic (exact) mass is 544 g/mol. The molecule has 1 saturated heterocycles. The number of hydrogen-bond acceptors (Lipinski definition) is 5. The number of carbonyl (C=O) groups excluding carboxylic acids is 1. The molecule has 1 aliphatic carbocycles. The second-order valence-corrected chi connectivity index (χ2v) is 9.05. The summed E-state index contributed by atoms with van der Waals surface area (Å²) < 4.78 is 105. The molecule has 0 bridgehead atoms. The van der Waals surface area contributed by atoms with Crippen molar-refractivity contribution in [1.82, 2.24) is 14.9 Å². The minimum absolute atomic E-state index is 0.206. The summed E-state index contributed by atoms with van der Waals surface area (Å²) in [5.41, 5.74) is -3.59. The average molecular weight is 544 g/mol. The van der Waals surface area contributed by atoms with Gasteiger partial charge in [0, 0.05) is 31.4 Å². The highest BCUT2D eigenvalue weighted by Crippen LogP contribution is 2.40. The number of morpholine rings is 1. The maximum absolute atomic E-state index is 15.1.